The van der Waals surface area contributed by atoms with E-state index in [2.05, 4.69) is 9.98 Å². The first-order valence-corrected chi connectivity index (χ1v) is 4.03. The Morgan fingerprint density at radius 1 is 1.31 bits per heavy atom. The topological polar surface area (TPSA) is 42.3 Å². The van der Waals surface area contributed by atoms with E-state index in [4.69, 9.17) is 0 Å². The third kappa shape index (κ3) is 1.69. The third-order valence-corrected chi connectivity index (χ3v) is 1.84. The van der Waals surface area contributed by atoms with Gasteiger partial charge in [-0.25, -0.2) is 4.99 Å². The first-order chi connectivity index (χ1) is 6.36. The van der Waals surface area contributed by atoms with Crippen molar-refractivity contribution in [3.63, 3.8) is 0 Å². The maximum Gasteiger partial charge on any atom is 0.269 e. The molecule has 13 heavy (non-hydrogen) atoms. The van der Waals surface area contributed by atoms with Gasteiger partial charge in [0.05, 0.1) is 11.6 Å². The number of nitrogens with zero attached hydrogens (tertiary/aromatic N) is 2. The summed E-state index contributed by atoms with van der Waals surface area (Å²) < 4.78 is 0. The second-order valence-electron chi connectivity index (χ2n) is 2.76. The molecule has 0 aliphatic carbocycles. The van der Waals surface area contributed by atoms with Gasteiger partial charge in [-0.2, -0.15) is 0 Å². The van der Waals surface area contributed by atoms with Crippen LogP contribution in [0.25, 0.3) is 0 Å². The lowest BCUT2D eigenvalue weighted by molar-refractivity contribution is -0.113. The number of allylic oxidation sites excluding steroid dienone is 1. The van der Waals surface area contributed by atoms with Crippen LogP contribution in [0.3, 0.4) is 0 Å². The predicted octanol–water partition coefficient (Wildman–Crippen LogP) is 1.33. The third-order valence-electron chi connectivity index (χ3n) is 1.84. The monoisotopic (exact) mass is 172 g/mol. The van der Waals surface area contributed by atoms with Gasteiger partial charge in [0.2, 0.25) is 0 Å². The van der Waals surface area contributed by atoms with Crippen LogP contribution in [-0.2, 0) is 4.79 Å². The van der Waals surface area contributed by atoms with Crippen molar-refractivity contribution in [2.75, 3.05) is 0 Å². The van der Waals surface area contributed by atoms with E-state index in [9.17, 15) is 4.79 Å². The van der Waals surface area contributed by atoms with Gasteiger partial charge in [-0.3, -0.25) is 9.78 Å². The smallest absolute Gasteiger partial charge is 0.268 e. The van der Waals surface area contributed by atoms with Crippen LogP contribution in [0.15, 0.2) is 41.5 Å². The minimum atomic E-state index is -0.202. The molecule has 64 valence electrons. The molecule has 1 unspecified atom stereocenters. The van der Waals surface area contributed by atoms with Crippen molar-refractivity contribution in [1.29, 1.82) is 0 Å². The molecule has 1 aromatic rings. The number of dihydropyridines is 1. The van der Waals surface area contributed by atoms with Crippen LogP contribution < -0.4 is 0 Å². The molecule has 0 N–H and O–H groups in total. The maximum atomic E-state index is 10.7. The molecule has 2 rings (SSSR count). The molecular formula is C10H8N2O. The Morgan fingerprint density at radius 2 is 2.23 bits per heavy atom. The van der Waals surface area contributed by atoms with Crippen molar-refractivity contribution in [3.8, 4) is 0 Å². The zero-order valence-corrected chi connectivity index (χ0v) is 6.92. The molecule has 0 saturated carbocycles. The van der Waals surface area contributed by atoms with Crippen LogP contribution in [-0.4, -0.2) is 17.1 Å². The number of amides is 1. The van der Waals surface area contributed by atoms with E-state index in [1.54, 1.807) is 18.5 Å². The number of hydrogen-bond donors (Lipinski definition) is 0. The van der Waals surface area contributed by atoms with Gasteiger partial charge in [0.25, 0.3) is 5.91 Å². The Kier molecular flexibility index (Phi) is 2.00. The molecule has 0 radical (unpaired) electrons. The van der Waals surface area contributed by atoms with E-state index in [0.717, 1.165) is 5.69 Å². The van der Waals surface area contributed by atoms with Crippen LogP contribution >= 0.6 is 0 Å². The highest BCUT2D eigenvalue weighted by molar-refractivity contribution is 5.98. The van der Waals surface area contributed by atoms with Gasteiger partial charge < -0.3 is 0 Å². The highest BCUT2D eigenvalue weighted by Gasteiger charge is 2.10. The Morgan fingerprint density at radius 3 is 2.85 bits per heavy atom. The standard InChI is InChI=1S/C10H8N2O/c13-10-5-4-8(7-12-10)9-3-1-2-6-11-9/h1-8H. The first kappa shape index (κ1) is 7.86. The number of hydrogen-bond acceptors (Lipinski definition) is 2. The van der Waals surface area contributed by atoms with Crippen molar-refractivity contribution in [3.05, 3.63) is 42.2 Å². The molecule has 1 aliphatic heterocycles. The lowest BCUT2D eigenvalue weighted by atomic mass is 10.0. The van der Waals surface area contributed by atoms with Gasteiger partial charge >= 0.3 is 0 Å². The summed E-state index contributed by atoms with van der Waals surface area (Å²) in [5.74, 6) is -0.161. The molecule has 0 fully saturated rings. The van der Waals surface area contributed by atoms with E-state index in [-0.39, 0.29) is 11.8 Å². The molecule has 0 aromatic carbocycles. The summed E-state index contributed by atoms with van der Waals surface area (Å²) in [6, 6.07) is 5.69. The molecule has 1 aliphatic rings. The number of aliphatic imine (C=N–C) groups is 1. The maximum absolute atomic E-state index is 10.7. The number of pyridine rings is 1. The van der Waals surface area contributed by atoms with Crippen LogP contribution in [0.2, 0.25) is 0 Å². The summed E-state index contributed by atoms with van der Waals surface area (Å²) in [5.41, 5.74) is 0.912. The van der Waals surface area contributed by atoms with E-state index < -0.39 is 0 Å². The summed E-state index contributed by atoms with van der Waals surface area (Å²) in [6.45, 7) is 0. The van der Waals surface area contributed by atoms with Crippen molar-refractivity contribution < 1.29 is 4.79 Å². The SMILES string of the molecule is O=C1C=CC(c2ccccn2)C=N1. The second kappa shape index (κ2) is 3.31. The Hall–Kier alpha value is -1.77. The highest BCUT2D eigenvalue weighted by Crippen LogP contribution is 2.14. The molecule has 1 atom stereocenters. The molecule has 0 saturated heterocycles. The normalized spacial score (nSPS) is 20.6. The number of carbonyl (C=O) groups is 1. The summed E-state index contributed by atoms with van der Waals surface area (Å²) in [4.78, 5) is 18.6. The van der Waals surface area contributed by atoms with E-state index >= 15 is 0 Å². The average Bonchev–Trinajstić information content (AvgIpc) is 2.20. The fourth-order valence-corrected chi connectivity index (χ4v) is 1.18. The largest absolute Gasteiger partial charge is 0.269 e. The average molecular weight is 172 g/mol. The van der Waals surface area contributed by atoms with Crippen molar-refractivity contribution >= 4 is 12.1 Å². The van der Waals surface area contributed by atoms with Gasteiger partial charge in [-0.1, -0.05) is 12.1 Å². The van der Waals surface area contributed by atoms with Crippen LogP contribution in [0.5, 0.6) is 0 Å². The molecule has 1 amide bonds. The molecule has 3 nitrogen and oxygen atoms in total. The van der Waals surface area contributed by atoms with E-state index in [0.29, 0.717) is 0 Å². The minimum absolute atomic E-state index is 0.0406. The number of rotatable bonds is 1. The first-order valence-electron chi connectivity index (χ1n) is 4.03. The fourth-order valence-electron chi connectivity index (χ4n) is 1.18. The lowest BCUT2D eigenvalue weighted by Crippen LogP contribution is -2.05. The van der Waals surface area contributed by atoms with Gasteiger partial charge in [-0.05, 0) is 12.1 Å². The zero-order chi connectivity index (χ0) is 9.10. The second-order valence-corrected chi connectivity index (χ2v) is 2.76. The van der Waals surface area contributed by atoms with Crippen LogP contribution in [0, 0.1) is 0 Å². The number of carbonyl (C=O) groups excluding carboxylic acids is 1. The van der Waals surface area contributed by atoms with Gasteiger partial charge in [0.1, 0.15) is 0 Å². The van der Waals surface area contributed by atoms with E-state index in [1.165, 1.54) is 6.08 Å². The van der Waals surface area contributed by atoms with Gasteiger partial charge in [0.15, 0.2) is 0 Å². The van der Waals surface area contributed by atoms with Crippen molar-refractivity contribution in [1.82, 2.24) is 4.98 Å². The molecule has 0 bridgehead atoms. The minimum Gasteiger partial charge on any atom is -0.268 e. The lowest BCUT2D eigenvalue weighted by Gasteiger charge is -2.07. The molecule has 0 spiro atoms. The van der Waals surface area contributed by atoms with E-state index in [1.807, 2.05) is 18.2 Å². The van der Waals surface area contributed by atoms with Crippen LogP contribution in [0.1, 0.15) is 11.6 Å². The quantitative estimate of drug-likeness (QED) is 0.641. The van der Waals surface area contributed by atoms with Crippen molar-refractivity contribution in [2.45, 2.75) is 5.92 Å². The highest BCUT2D eigenvalue weighted by atomic mass is 16.1. The zero-order valence-electron chi connectivity index (χ0n) is 6.92. The predicted molar refractivity (Wildman–Crippen MR) is 49.6 cm³/mol. The van der Waals surface area contributed by atoms with Gasteiger partial charge in [0, 0.05) is 18.5 Å². The number of aromatic nitrogens is 1. The molecule has 3 heteroatoms. The summed E-state index contributed by atoms with van der Waals surface area (Å²) in [5, 5.41) is 0. The summed E-state index contributed by atoms with van der Waals surface area (Å²) in [7, 11) is 0. The Labute approximate surface area is 75.8 Å². The van der Waals surface area contributed by atoms with Gasteiger partial charge in [-0.15, -0.1) is 0 Å². The Bertz CT molecular complexity index is 352. The van der Waals surface area contributed by atoms with Crippen LogP contribution in [0.4, 0.5) is 0 Å². The fraction of sp³-hybridized carbons (Fsp3) is 0.100. The summed E-state index contributed by atoms with van der Waals surface area (Å²) in [6.07, 6.45) is 6.62. The molecule has 1 aromatic heterocycles. The molecular weight excluding hydrogens is 164 g/mol. The Balaban J connectivity index is 2.25. The van der Waals surface area contributed by atoms with Crippen molar-refractivity contribution in [2.24, 2.45) is 4.99 Å². The molecule has 2 heterocycles. The summed E-state index contributed by atoms with van der Waals surface area (Å²) >= 11 is 0.